The highest BCUT2D eigenvalue weighted by atomic mass is 32.2. The predicted octanol–water partition coefficient (Wildman–Crippen LogP) is 3.19. The number of aliphatic carboxylic acids is 1. The Balaban J connectivity index is 0.000000532. The number of sulfonamides is 1. The van der Waals surface area contributed by atoms with Crippen molar-refractivity contribution in [3.63, 3.8) is 0 Å². The number of aryl methyl sites for hydroxylation is 1. The van der Waals surface area contributed by atoms with Crippen LogP contribution in [0.4, 0.5) is 36.4 Å². The fourth-order valence-electron chi connectivity index (χ4n) is 3.64. The number of hydrogen-bond donors (Lipinski definition) is 4. The van der Waals surface area contributed by atoms with Gasteiger partial charge in [-0.05, 0) is 51.0 Å². The molecule has 3 heterocycles. The van der Waals surface area contributed by atoms with Crippen molar-refractivity contribution in [2.45, 2.75) is 44.3 Å². The summed E-state index contributed by atoms with van der Waals surface area (Å²) in [6, 6.07) is 8.40. The van der Waals surface area contributed by atoms with E-state index in [4.69, 9.17) is 9.90 Å². The fraction of sp³-hybridized carbons (Fsp3) is 0.391. The molecule has 39 heavy (non-hydrogen) atoms. The zero-order chi connectivity index (χ0) is 28.8. The van der Waals surface area contributed by atoms with Gasteiger partial charge in [-0.1, -0.05) is 6.07 Å². The van der Waals surface area contributed by atoms with Gasteiger partial charge in [0.05, 0.1) is 23.7 Å². The third-order valence-corrected chi connectivity index (χ3v) is 7.57. The largest absolute Gasteiger partial charge is 0.490 e. The van der Waals surface area contributed by atoms with Crippen LogP contribution < -0.4 is 10.6 Å². The van der Waals surface area contributed by atoms with Crippen molar-refractivity contribution in [2.75, 3.05) is 30.3 Å². The summed E-state index contributed by atoms with van der Waals surface area (Å²) in [6.45, 7) is 5.31. The van der Waals surface area contributed by atoms with Crippen LogP contribution in [0.5, 0.6) is 0 Å². The maximum atomic E-state index is 12.8. The van der Waals surface area contributed by atoms with Crippen molar-refractivity contribution >= 4 is 39.3 Å². The Kier molecular flexibility index (Phi) is 9.47. The molecule has 1 aliphatic heterocycles. The van der Waals surface area contributed by atoms with Crippen molar-refractivity contribution in [1.29, 1.82) is 0 Å². The highest BCUT2D eigenvalue weighted by Crippen LogP contribution is 2.26. The first-order valence-electron chi connectivity index (χ1n) is 11.7. The van der Waals surface area contributed by atoms with Gasteiger partial charge in [-0.2, -0.15) is 27.6 Å². The summed E-state index contributed by atoms with van der Waals surface area (Å²) in [5, 5.41) is 27.2. The number of benzene rings is 1. The smallest absolute Gasteiger partial charge is 0.475 e. The Morgan fingerprint density at radius 3 is 2.41 bits per heavy atom. The van der Waals surface area contributed by atoms with Crippen LogP contribution in [0.15, 0.2) is 41.4 Å². The number of alkyl halides is 3. The van der Waals surface area contributed by atoms with E-state index in [0.717, 1.165) is 29.9 Å². The molecule has 1 aliphatic rings. The van der Waals surface area contributed by atoms with Gasteiger partial charge < -0.3 is 20.8 Å². The molecule has 4 rings (SSSR count). The number of carbonyl (C=O) groups is 1. The average molecular weight is 572 g/mol. The molecule has 0 saturated carbocycles. The van der Waals surface area contributed by atoms with Crippen molar-refractivity contribution in [3.05, 3.63) is 47.8 Å². The third-order valence-electron chi connectivity index (χ3n) is 5.68. The van der Waals surface area contributed by atoms with Crippen LogP contribution in [0.1, 0.15) is 24.1 Å². The van der Waals surface area contributed by atoms with Crippen LogP contribution in [0, 0.1) is 13.8 Å². The number of hydrogen-bond acceptors (Lipinski definition) is 9. The molecule has 4 N–H and O–H groups in total. The van der Waals surface area contributed by atoms with Crippen LogP contribution in [0.3, 0.4) is 0 Å². The van der Waals surface area contributed by atoms with E-state index >= 15 is 0 Å². The molecular weight excluding hydrogens is 543 g/mol. The molecule has 2 aromatic heterocycles. The van der Waals surface area contributed by atoms with Crippen molar-refractivity contribution in [1.82, 2.24) is 24.1 Å². The van der Waals surface area contributed by atoms with Crippen LogP contribution >= 0.6 is 0 Å². The van der Waals surface area contributed by atoms with E-state index in [2.05, 4.69) is 25.7 Å². The Bertz CT molecular complexity index is 1410. The van der Waals surface area contributed by atoms with Gasteiger partial charge >= 0.3 is 12.1 Å². The minimum Gasteiger partial charge on any atom is -0.475 e. The Hall–Kier alpha value is -3.76. The zero-order valence-electron chi connectivity index (χ0n) is 21.1. The molecule has 3 aromatic rings. The molecule has 212 valence electrons. The van der Waals surface area contributed by atoms with Gasteiger partial charge in [-0.15, -0.1) is 0 Å². The minimum absolute atomic E-state index is 0.0253. The number of halogens is 3. The highest BCUT2D eigenvalue weighted by Gasteiger charge is 2.38. The summed E-state index contributed by atoms with van der Waals surface area (Å²) >= 11 is 0. The molecule has 1 saturated heterocycles. The summed E-state index contributed by atoms with van der Waals surface area (Å²) in [5.74, 6) is -1.13. The molecule has 0 atom stereocenters. The molecule has 0 amide bonds. The number of rotatable bonds is 8. The molecule has 1 aromatic carbocycles. The second-order valence-corrected chi connectivity index (χ2v) is 10.4. The maximum absolute atomic E-state index is 12.8. The summed E-state index contributed by atoms with van der Waals surface area (Å²) in [4.78, 5) is 17.9. The van der Waals surface area contributed by atoms with E-state index in [-0.39, 0.29) is 11.5 Å². The van der Waals surface area contributed by atoms with Crippen LogP contribution in [0.2, 0.25) is 0 Å². The maximum Gasteiger partial charge on any atom is 0.490 e. The van der Waals surface area contributed by atoms with Gasteiger partial charge in [0.15, 0.2) is 0 Å². The second-order valence-electron chi connectivity index (χ2n) is 8.46. The Labute approximate surface area is 222 Å². The lowest BCUT2D eigenvalue weighted by molar-refractivity contribution is -0.192. The molecule has 0 bridgehead atoms. The molecule has 0 aliphatic carbocycles. The first-order chi connectivity index (χ1) is 18.3. The molecule has 0 spiro atoms. The Morgan fingerprint density at radius 2 is 1.79 bits per heavy atom. The van der Waals surface area contributed by atoms with E-state index in [1.165, 1.54) is 4.31 Å². The molecule has 16 heteroatoms. The number of nitrogens with one attached hydrogen (secondary N) is 2. The van der Waals surface area contributed by atoms with Gasteiger partial charge in [0.1, 0.15) is 11.6 Å². The standard InChI is InChI=1S/C21H27N7O3S.C2HF3O2/c1-15-16(2)26-28(12-13-29)20(15)24-19-8-9-22-21(25-19)23-17-6-5-7-18(14-17)32(30,31)27-10-3-4-11-27;3-2(4,5)1(6)7/h5-9,14,29H,3-4,10-13H2,1-2H3,(H2,22,23,24,25);(H,6,7). The van der Waals surface area contributed by atoms with E-state index in [9.17, 15) is 26.7 Å². The molecular formula is C23H28F3N7O5S. The first kappa shape index (κ1) is 29.8. The monoisotopic (exact) mass is 571 g/mol. The van der Waals surface area contributed by atoms with Crippen molar-refractivity contribution in [3.8, 4) is 0 Å². The van der Waals surface area contributed by atoms with E-state index in [0.29, 0.717) is 37.1 Å². The minimum atomic E-state index is -5.08. The van der Waals surface area contributed by atoms with E-state index < -0.39 is 22.2 Å². The Morgan fingerprint density at radius 1 is 1.13 bits per heavy atom. The number of anilines is 4. The average Bonchev–Trinajstić information content (AvgIpc) is 3.50. The number of carboxylic acids is 1. The van der Waals surface area contributed by atoms with E-state index in [1.54, 1.807) is 41.2 Å². The summed E-state index contributed by atoms with van der Waals surface area (Å²) in [6.07, 6.45) is -1.69. The molecule has 1 fully saturated rings. The molecule has 0 unspecified atom stereocenters. The van der Waals surface area contributed by atoms with Crippen LogP contribution in [0.25, 0.3) is 0 Å². The summed E-state index contributed by atoms with van der Waals surface area (Å²) in [7, 11) is -3.51. The van der Waals surface area contributed by atoms with Gasteiger partial charge in [0.2, 0.25) is 16.0 Å². The summed E-state index contributed by atoms with van der Waals surface area (Å²) in [5.41, 5.74) is 2.41. The second kappa shape index (κ2) is 12.4. The number of aliphatic hydroxyl groups is 1. The molecule has 12 nitrogen and oxygen atoms in total. The number of nitrogens with zero attached hydrogens (tertiary/aromatic N) is 5. The van der Waals surface area contributed by atoms with Crippen molar-refractivity contribution < 1.29 is 36.6 Å². The summed E-state index contributed by atoms with van der Waals surface area (Å²) < 4.78 is 60.7. The van der Waals surface area contributed by atoms with Crippen molar-refractivity contribution in [2.24, 2.45) is 0 Å². The van der Waals surface area contributed by atoms with Gasteiger partial charge in [-0.25, -0.2) is 22.9 Å². The van der Waals surface area contributed by atoms with Gasteiger partial charge in [0, 0.05) is 30.5 Å². The van der Waals surface area contributed by atoms with Gasteiger partial charge in [-0.3, -0.25) is 0 Å². The number of carboxylic acid groups (broad SMARTS) is 1. The lowest BCUT2D eigenvalue weighted by Crippen LogP contribution is -2.27. The predicted molar refractivity (Wildman–Crippen MR) is 136 cm³/mol. The van der Waals surface area contributed by atoms with Crippen LogP contribution in [-0.4, -0.2) is 74.5 Å². The highest BCUT2D eigenvalue weighted by molar-refractivity contribution is 7.89. The number of aliphatic hydroxyl groups excluding tert-OH is 1. The van der Waals surface area contributed by atoms with Gasteiger partial charge in [0.25, 0.3) is 0 Å². The van der Waals surface area contributed by atoms with E-state index in [1.807, 2.05) is 13.8 Å². The topological polar surface area (TPSA) is 163 Å². The normalized spacial score (nSPS) is 14.0. The molecule has 0 radical (unpaired) electrons. The fourth-order valence-corrected chi connectivity index (χ4v) is 5.20. The lowest BCUT2D eigenvalue weighted by Gasteiger charge is -2.16. The quantitative estimate of drug-likeness (QED) is 0.316. The third kappa shape index (κ3) is 7.64. The lowest BCUT2D eigenvalue weighted by atomic mass is 10.3. The first-order valence-corrected chi connectivity index (χ1v) is 13.2. The number of aromatic nitrogens is 4. The SMILES string of the molecule is Cc1nn(CCO)c(Nc2ccnc(Nc3cccc(S(=O)(=O)N4CCCC4)c3)n2)c1C.O=C(O)C(F)(F)F. The zero-order valence-corrected chi connectivity index (χ0v) is 21.9. The van der Waals surface area contributed by atoms with Crippen LogP contribution in [-0.2, 0) is 21.4 Å².